The first kappa shape index (κ1) is 14.8. The topological polar surface area (TPSA) is 81.4 Å². The van der Waals surface area contributed by atoms with Crippen LogP contribution in [0.15, 0.2) is 49.2 Å². The second-order valence-electron chi connectivity index (χ2n) is 5.89. The Labute approximate surface area is 138 Å². The van der Waals surface area contributed by atoms with E-state index >= 15 is 0 Å². The lowest BCUT2D eigenvalue weighted by Crippen LogP contribution is -2.40. The number of ether oxygens (including phenoxy) is 1. The molecule has 1 fully saturated rings. The maximum atomic E-state index is 12.5. The molecule has 0 saturated carbocycles. The van der Waals surface area contributed by atoms with Gasteiger partial charge in [-0.2, -0.15) is 0 Å². The lowest BCUT2D eigenvalue weighted by Gasteiger charge is -2.18. The van der Waals surface area contributed by atoms with Gasteiger partial charge in [-0.05, 0) is 30.2 Å². The molecule has 1 aliphatic heterocycles. The summed E-state index contributed by atoms with van der Waals surface area (Å²) in [5.74, 6) is 0.556. The first-order valence-corrected chi connectivity index (χ1v) is 7.87. The Kier molecular flexibility index (Phi) is 3.92. The molecule has 2 atom stereocenters. The Morgan fingerprint density at radius 2 is 2.17 bits per heavy atom. The molecule has 3 aromatic rings. The zero-order valence-corrected chi connectivity index (χ0v) is 13.0. The summed E-state index contributed by atoms with van der Waals surface area (Å²) >= 11 is 0. The van der Waals surface area contributed by atoms with Crippen LogP contribution in [0.3, 0.4) is 0 Å². The highest BCUT2D eigenvalue weighted by molar-refractivity contribution is 5.93. The number of imidazole rings is 1. The van der Waals surface area contributed by atoms with Crippen LogP contribution in [0.25, 0.3) is 5.78 Å². The normalized spacial score (nSPS) is 20.3. The summed E-state index contributed by atoms with van der Waals surface area (Å²) in [4.78, 5) is 24.9. The molecule has 3 aromatic heterocycles. The van der Waals surface area contributed by atoms with Gasteiger partial charge >= 0.3 is 0 Å². The molecule has 7 heteroatoms. The van der Waals surface area contributed by atoms with Crippen molar-refractivity contribution in [3.05, 3.63) is 60.4 Å². The first-order valence-electron chi connectivity index (χ1n) is 7.87. The van der Waals surface area contributed by atoms with Crippen LogP contribution in [0.5, 0.6) is 0 Å². The summed E-state index contributed by atoms with van der Waals surface area (Å²) in [5, 5.41) is 3.04. The molecule has 1 N–H and O–H groups in total. The summed E-state index contributed by atoms with van der Waals surface area (Å²) in [5.41, 5.74) is 1.56. The minimum absolute atomic E-state index is 0.0246. The number of carbonyl (C=O) groups is 1. The van der Waals surface area contributed by atoms with E-state index in [0.717, 1.165) is 6.42 Å². The van der Waals surface area contributed by atoms with E-state index in [0.29, 0.717) is 24.7 Å². The number of pyridine rings is 1. The van der Waals surface area contributed by atoms with Crippen molar-refractivity contribution in [2.75, 3.05) is 13.2 Å². The Balaban J connectivity index is 1.46. The third-order valence-corrected chi connectivity index (χ3v) is 4.23. The lowest BCUT2D eigenvalue weighted by molar-refractivity contribution is 0.0920. The van der Waals surface area contributed by atoms with Gasteiger partial charge in [0.15, 0.2) is 0 Å². The van der Waals surface area contributed by atoms with E-state index in [1.807, 2.05) is 18.3 Å². The summed E-state index contributed by atoms with van der Waals surface area (Å²) < 4.78 is 7.30. The van der Waals surface area contributed by atoms with Crippen LogP contribution in [0, 0.1) is 5.92 Å². The number of rotatable bonds is 4. The van der Waals surface area contributed by atoms with Crippen molar-refractivity contribution in [2.45, 2.75) is 12.5 Å². The van der Waals surface area contributed by atoms with E-state index < -0.39 is 0 Å². The quantitative estimate of drug-likeness (QED) is 0.778. The number of hydrogen-bond donors (Lipinski definition) is 1. The highest BCUT2D eigenvalue weighted by Crippen LogP contribution is 2.19. The van der Waals surface area contributed by atoms with E-state index in [1.165, 1.54) is 5.56 Å². The molecule has 1 aliphatic rings. The fraction of sp³-hybridized carbons (Fsp3) is 0.294. The van der Waals surface area contributed by atoms with Gasteiger partial charge in [0, 0.05) is 36.9 Å². The van der Waals surface area contributed by atoms with Crippen molar-refractivity contribution in [3.63, 3.8) is 0 Å². The summed E-state index contributed by atoms with van der Waals surface area (Å²) in [6.45, 7) is 1.16. The van der Waals surface area contributed by atoms with E-state index in [1.54, 1.807) is 35.3 Å². The fourth-order valence-corrected chi connectivity index (χ4v) is 2.96. The van der Waals surface area contributed by atoms with E-state index in [2.05, 4.69) is 20.3 Å². The molecule has 0 aromatic carbocycles. The highest BCUT2D eigenvalue weighted by Gasteiger charge is 2.30. The molecule has 122 valence electrons. The maximum absolute atomic E-state index is 12.5. The standard InChI is InChI=1S/C17H17N5O2/c23-16(14-9-22-7-1-4-19-17(22)21-14)20-15-11-24-10-13(15)8-12-2-5-18-6-3-12/h1-7,9,13,15H,8,10-11H2,(H,20,23)/t13-,15+/m1/s1. The zero-order valence-electron chi connectivity index (χ0n) is 13.0. The Morgan fingerprint density at radius 1 is 1.29 bits per heavy atom. The van der Waals surface area contributed by atoms with E-state index in [4.69, 9.17) is 4.74 Å². The highest BCUT2D eigenvalue weighted by atomic mass is 16.5. The first-order chi connectivity index (χ1) is 11.8. The second kappa shape index (κ2) is 6.37. The Morgan fingerprint density at radius 3 is 3.00 bits per heavy atom. The maximum Gasteiger partial charge on any atom is 0.271 e. The van der Waals surface area contributed by atoms with Gasteiger partial charge in [0.2, 0.25) is 5.78 Å². The van der Waals surface area contributed by atoms with E-state index in [9.17, 15) is 4.79 Å². The third kappa shape index (κ3) is 2.98. The van der Waals surface area contributed by atoms with Crippen LogP contribution in [0.4, 0.5) is 0 Å². The molecule has 0 bridgehead atoms. The summed E-state index contributed by atoms with van der Waals surface area (Å²) in [6, 6.07) is 5.76. The molecule has 1 amide bonds. The Bertz CT molecular complexity index is 815. The van der Waals surface area contributed by atoms with Crippen LogP contribution in [-0.4, -0.2) is 44.5 Å². The molecule has 0 radical (unpaired) electrons. The SMILES string of the molecule is O=C(N[C@H]1COC[C@H]1Cc1ccncc1)c1cn2cccnc2n1. The van der Waals surface area contributed by atoms with Crippen LogP contribution in [0.2, 0.25) is 0 Å². The molecule has 0 spiro atoms. The van der Waals surface area contributed by atoms with Crippen molar-refractivity contribution in [2.24, 2.45) is 5.92 Å². The molecular weight excluding hydrogens is 306 g/mol. The number of hydrogen-bond acceptors (Lipinski definition) is 5. The predicted molar refractivity (Wildman–Crippen MR) is 86.5 cm³/mol. The number of fused-ring (bicyclic) bond motifs is 1. The smallest absolute Gasteiger partial charge is 0.271 e. The van der Waals surface area contributed by atoms with Crippen LogP contribution < -0.4 is 5.32 Å². The zero-order chi connectivity index (χ0) is 16.4. The predicted octanol–water partition coefficient (Wildman–Crippen LogP) is 1.11. The molecular formula is C17H17N5O2. The molecule has 4 heterocycles. The number of aromatic nitrogens is 4. The van der Waals surface area contributed by atoms with Crippen molar-refractivity contribution in [1.29, 1.82) is 0 Å². The van der Waals surface area contributed by atoms with Crippen molar-refractivity contribution < 1.29 is 9.53 Å². The molecule has 0 unspecified atom stereocenters. The minimum Gasteiger partial charge on any atom is -0.379 e. The fourth-order valence-electron chi connectivity index (χ4n) is 2.96. The number of amides is 1. The molecule has 4 rings (SSSR count). The van der Waals surface area contributed by atoms with Gasteiger partial charge in [0.25, 0.3) is 5.91 Å². The largest absolute Gasteiger partial charge is 0.379 e. The van der Waals surface area contributed by atoms with Crippen LogP contribution >= 0.6 is 0 Å². The second-order valence-corrected chi connectivity index (χ2v) is 5.89. The monoisotopic (exact) mass is 323 g/mol. The van der Waals surface area contributed by atoms with Gasteiger partial charge in [-0.3, -0.25) is 14.2 Å². The number of carbonyl (C=O) groups excluding carboxylic acids is 1. The van der Waals surface area contributed by atoms with Gasteiger partial charge in [-0.15, -0.1) is 0 Å². The third-order valence-electron chi connectivity index (χ3n) is 4.23. The number of nitrogens with zero attached hydrogens (tertiary/aromatic N) is 4. The van der Waals surface area contributed by atoms with Gasteiger partial charge in [-0.25, -0.2) is 9.97 Å². The Hall–Kier alpha value is -2.80. The average molecular weight is 323 g/mol. The molecule has 1 saturated heterocycles. The minimum atomic E-state index is -0.198. The average Bonchev–Trinajstić information content (AvgIpc) is 3.23. The van der Waals surface area contributed by atoms with Crippen molar-refractivity contribution >= 4 is 11.7 Å². The van der Waals surface area contributed by atoms with Crippen LogP contribution in [0.1, 0.15) is 16.1 Å². The van der Waals surface area contributed by atoms with Gasteiger partial charge < -0.3 is 10.1 Å². The van der Waals surface area contributed by atoms with Crippen molar-refractivity contribution in [1.82, 2.24) is 24.7 Å². The molecule has 7 nitrogen and oxygen atoms in total. The number of nitrogens with one attached hydrogen (secondary N) is 1. The van der Waals surface area contributed by atoms with Gasteiger partial charge in [-0.1, -0.05) is 0 Å². The van der Waals surface area contributed by atoms with Crippen LogP contribution in [-0.2, 0) is 11.2 Å². The lowest BCUT2D eigenvalue weighted by atomic mass is 9.95. The van der Waals surface area contributed by atoms with Gasteiger partial charge in [0.1, 0.15) is 5.69 Å². The van der Waals surface area contributed by atoms with Gasteiger partial charge in [0.05, 0.1) is 19.3 Å². The van der Waals surface area contributed by atoms with E-state index in [-0.39, 0.29) is 17.9 Å². The summed E-state index contributed by atoms with van der Waals surface area (Å²) in [6.07, 6.45) is 9.56. The van der Waals surface area contributed by atoms with Crippen molar-refractivity contribution in [3.8, 4) is 0 Å². The molecule has 24 heavy (non-hydrogen) atoms. The summed E-state index contributed by atoms with van der Waals surface area (Å²) in [7, 11) is 0. The molecule has 0 aliphatic carbocycles.